The van der Waals surface area contributed by atoms with Gasteiger partial charge in [0.15, 0.2) is 5.96 Å². The maximum Gasteiger partial charge on any atom is 0.322 e. The van der Waals surface area contributed by atoms with Crippen LogP contribution in [0, 0.1) is 5.92 Å². The molecule has 1 aromatic carbocycles. The predicted octanol–water partition coefficient (Wildman–Crippen LogP) is -1.47. The molecular weight excluding hydrogens is 470 g/mol. The lowest BCUT2D eigenvalue weighted by molar-refractivity contribution is -0.139. The molecule has 4 unspecified atom stereocenters. The number of carboxylic acid groups (broad SMARTS) is 1. The van der Waals surface area contributed by atoms with Crippen molar-refractivity contribution >= 4 is 29.7 Å². The number of carbonyl (C=O) groups excluding carboxylic acids is 3. The van der Waals surface area contributed by atoms with E-state index in [-0.39, 0.29) is 30.5 Å². The summed E-state index contributed by atoms with van der Waals surface area (Å²) >= 11 is 0. The second kappa shape index (κ2) is 15.2. The number of rotatable bonds is 15. The van der Waals surface area contributed by atoms with Crippen LogP contribution in [0.2, 0.25) is 0 Å². The highest BCUT2D eigenvalue weighted by Crippen LogP contribution is 2.13. The number of aromatic hydroxyl groups is 1. The molecule has 4 atom stereocenters. The minimum atomic E-state index is -1.22. The van der Waals surface area contributed by atoms with Crippen molar-refractivity contribution in [3.05, 3.63) is 29.8 Å². The third-order valence-electron chi connectivity index (χ3n) is 5.52. The van der Waals surface area contributed by atoms with Gasteiger partial charge in [0, 0.05) is 13.0 Å². The second-order valence-corrected chi connectivity index (χ2v) is 8.47. The number of carbonyl (C=O) groups is 4. The number of aliphatic carboxylic acids is 1. The van der Waals surface area contributed by atoms with Gasteiger partial charge < -0.3 is 43.4 Å². The third kappa shape index (κ3) is 11.0. The first-order chi connectivity index (χ1) is 16.9. The first kappa shape index (κ1) is 30.2. The van der Waals surface area contributed by atoms with Gasteiger partial charge in [0.25, 0.3) is 0 Å². The fourth-order valence-electron chi connectivity index (χ4n) is 3.23. The van der Waals surface area contributed by atoms with Gasteiger partial charge in [-0.2, -0.15) is 0 Å². The SMILES string of the molecule is CCC(C)C(NC(=O)C(Cc1ccc(O)cc1)NC(=O)C(N)CCCN=C(N)N)C(=O)NCC(=O)O. The zero-order valence-corrected chi connectivity index (χ0v) is 20.6. The van der Waals surface area contributed by atoms with Crippen LogP contribution in [0.25, 0.3) is 0 Å². The highest BCUT2D eigenvalue weighted by Gasteiger charge is 2.31. The van der Waals surface area contributed by atoms with Crippen molar-refractivity contribution in [1.82, 2.24) is 16.0 Å². The largest absolute Gasteiger partial charge is 0.508 e. The standard InChI is InChI=1S/C23H37N7O6/c1-3-13(2)19(22(36)28-12-18(32)33)30-21(35)17(11-14-6-8-15(31)9-7-14)29-20(34)16(24)5-4-10-27-23(25)26/h6-9,13,16-17,19,31H,3-5,10-12,24H2,1-2H3,(H,28,36)(H,29,34)(H,30,35)(H,32,33)(H4,25,26,27). The maximum atomic E-state index is 13.2. The van der Waals surface area contributed by atoms with Crippen LogP contribution < -0.4 is 33.2 Å². The first-order valence-corrected chi connectivity index (χ1v) is 11.6. The fourth-order valence-corrected chi connectivity index (χ4v) is 3.23. The monoisotopic (exact) mass is 507 g/mol. The Morgan fingerprint density at radius 2 is 1.67 bits per heavy atom. The Morgan fingerprint density at radius 3 is 2.22 bits per heavy atom. The lowest BCUT2D eigenvalue weighted by Gasteiger charge is -2.27. The van der Waals surface area contributed by atoms with Gasteiger partial charge in [0.2, 0.25) is 17.7 Å². The molecule has 200 valence electrons. The number of nitrogens with two attached hydrogens (primary N) is 3. The molecule has 11 N–H and O–H groups in total. The zero-order chi connectivity index (χ0) is 27.3. The summed E-state index contributed by atoms with van der Waals surface area (Å²) in [6.07, 6.45) is 1.30. The van der Waals surface area contributed by atoms with Crippen molar-refractivity contribution in [2.24, 2.45) is 28.1 Å². The molecule has 13 nitrogen and oxygen atoms in total. The van der Waals surface area contributed by atoms with Crippen molar-refractivity contribution in [3.8, 4) is 5.75 Å². The number of nitrogens with zero attached hydrogens (tertiary/aromatic N) is 1. The van der Waals surface area contributed by atoms with E-state index in [9.17, 15) is 24.3 Å². The van der Waals surface area contributed by atoms with Gasteiger partial charge in [-0.3, -0.25) is 24.2 Å². The minimum absolute atomic E-state index is 0.0403. The van der Waals surface area contributed by atoms with E-state index >= 15 is 0 Å². The number of guanidine groups is 1. The Bertz CT molecular complexity index is 918. The van der Waals surface area contributed by atoms with Crippen LogP contribution in [0.1, 0.15) is 38.7 Å². The normalized spacial score (nSPS) is 14.0. The van der Waals surface area contributed by atoms with Gasteiger partial charge in [-0.15, -0.1) is 0 Å². The van der Waals surface area contributed by atoms with E-state index in [0.717, 1.165) is 0 Å². The summed E-state index contributed by atoms with van der Waals surface area (Å²) in [7, 11) is 0. The van der Waals surface area contributed by atoms with Crippen molar-refractivity contribution in [1.29, 1.82) is 0 Å². The Labute approximate surface area is 209 Å². The summed E-state index contributed by atoms with van der Waals surface area (Å²) < 4.78 is 0. The third-order valence-corrected chi connectivity index (χ3v) is 5.52. The lowest BCUT2D eigenvalue weighted by atomic mass is 9.97. The summed E-state index contributed by atoms with van der Waals surface area (Å²) in [6.45, 7) is 3.27. The fraction of sp³-hybridized carbons (Fsp3) is 0.522. The van der Waals surface area contributed by atoms with E-state index in [0.29, 0.717) is 24.9 Å². The number of phenolic OH excluding ortho intramolecular Hbond substituents is 1. The lowest BCUT2D eigenvalue weighted by Crippen LogP contribution is -2.58. The molecule has 0 spiro atoms. The number of carboxylic acids is 1. The van der Waals surface area contributed by atoms with Crippen molar-refractivity contribution < 1.29 is 29.4 Å². The molecule has 1 rings (SSSR count). The van der Waals surface area contributed by atoms with E-state index in [1.807, 2.05) is 6.92 Å². The van der Waals surface area contributed by atoms with E-state index < -0.39 is 48.4 Å². The number of hydrogen-bond acceptors (Lipinski definition) is 7. The van der Waals surface area contributed by atoms with Gasteiger partial charge >= 0.3 is 5.97 Å². The predicted molar refractivity (Wildman–Crippen MR) is 134 cm³/mol. The molecule has 13 heteroatoms. The molecule has 0 fully saturated rings. The maximum absolute atomic E-state index is 13.2. The van der Waals surface area contributed by atoms with E-state index in [2.05, 4.69) is 20.9 Å². The molecule has 1 aromatic rings. The molecule has 0 heterocycles. The van der Waals surface area contributed by atoms with Gasteiger partial charge in [0.05, 0.1) is 6.04 Å². The van der Waals surface area contributed by atoms with Crippen LogP contribution in [0.15, 0.2) is 29.3 Å². The molecule has 0 aromatic heterocycles. The van der Waals surface area contributed by atoms with Crippen molar-refractivity contribution in [2.45, 2.75) is 57.7 Å². The van der Waals surface area contributed by atoms with Gasteiger partial charge in [-0.1, -0.05) is 32.4 Å². The van der Waals surface area contributed by atoms with E-state index in [1.54, 1.807) is 19.1 Å². The quantitative estimate of drug-likeness (QED) is 0.0784. The number of amides is 3. The Hall–Kier alpha value is -3.87. The van der Waals surface area contributed by atoms with Crippen LogP contribution in [0.5, 0.6) is 5.75 Å². The van der Waals surface area contributed by atoms with Crippen LogP contribution in [-0.4, -0.2) is 71.1 Å². The van der Waals surface area contributed by atoms with Crippen molar-refractivity contribution in [2.75, 3.05) is 13.1 Å². The van der Waals surface area contributed by atoms with Gasteiger partial charge in [-0.05, 0) is 36.5 Å². The summed E-state index contributed by atoms with van der Waals surface area (Å²) in [6, 6.07) is 3.05. The molecular formula is C23H37N7O6. The van der Waals surface area contributed by atoms with Crippen LogP contribution in [-0.2, 0) is 25.6 Å². The number of benzene rings is 1. The summed E-state index contributed by atoms with van der Waals surface area (Å²) in [5.74, 6) is -3.42. The highest BCUT2D eigenvalue weighted by molar-refractivity contribution is 5.94. The number of nitrogens with one attached hydrogen (secondary N) is 3. The molecule has 36 heavy (non-hydrogen) atoms. The molecule has 0 saturated heterocycles. The number of hydrogen-bond donors (Lipinski definition) is 8. The van der Waals surface area contributed by atoms with Crippen LogP contribution in [0.3, 0.4) is 0 Å². The minimum Gasteiger partial charge on any atom is -0.508 e. The Balaban J connectivity index is 3.01. The Morgan fingerprint density at radius 1 is 1.03 bits per heavy atom. The highest BCUT2D eigenvalue weighted by atomic mass is 16.4. The molecule has 0 aliphatic carbocycles. The summed E-state index contributed by atoms with van der Waals surface area (Å²) in [5.41, 5.74) is 17.2. The topological polar surface area (TPSA) is 235 Å². The first-order valence-electron chi connectivity index (χ1n) is 11.6. The summed E-state index contributed by atoms with van der Waals surface area (Å²) in [4.78, 5) is 53.2. The smallest absolute Gasteiger partial charge is 0.322 e. The Kier molecular flexibility index (Phi) is 12.7. The van der Waals surface area contributed by atoms with E-state index in [4.69, 9.17) is 22.3 Å². The molecule has 0 radical (unpaired) electrons. The molecule has 0 bridgehead atoms. The number of aliphatic imine (C=N–C) groups is 1. The molecule has 0 aliphatic rings. The van der Waals surface area contributed by atoms with Gasteiger partial charge in [0.1, 0.15) is 24.4 Å². The van der Waals surface area contributed by atoms with Gasteiger partial charge in [-0.25, -0.2) is 0 Å². The van der Waals surface area contributed by atoms with Crippen LogP contribution in [0.4, 0.5) is 0 Å². The molecule has 3 amide bonds. The average Bonchev–Trinajstić information content (AvgIpc) is 2.83. The van der Waals surface area contributed by atoms with E-state index in [1.165, 1.54) is 12.1 Å². The zero-order valence-electron chi connectivity index (χ0n) is 20.6. The molecule has 0 saturated carbocycles. The summed E-state index contributed by atoms with van der Waals surface area (Å²) in [5, 5.41) is 25.9. The van der Waals surface area contributed by atoms with Crippen molar-refractivity contribution in [3.63, 3.8) is 0 Å². The molecule has 0 aliphatic heterocycles. The average molecular weight is 508 g/mol. The second-order valence-electron chi connectivity index (χ2n) is 8.47. The van der Waals surface area contributed by atoms with Crippen LogP contribution >= 0.6 is 0 Å². The number of phenols is 1.